The van der Waals surface area contributed by atoms with Crippen molar-refractivity contribution in [1.82, 2.24) is 9.78 Å². The van der Waals surface area contributed by atoms with E-state index in [4.69, 9.17) is 0 Å². The lowest BCUT2D eigenvalue weighted by Gasteiger charge is -2.06. The van der Waals surface area contributed by atoms with Gasteiger partial charge in [-0.05, 0) is 46.8 Å². The van der Waals surface area contributed by atoms with Gasteiger partial charge < -0.3 is 0 Å². The van der Waals surface area contributed by atoms with Crippen LogP contribution in [0.15, 0.2) is 33.5 Å². The number of rotatable bonds is 3. The molecule has 0 aliphatic heterocycles. The largest absolute Gasteiger partial charge is 0.294 e. The summed E-state index contributed by atoms with van der Waals surface area (Å²) < 4.78 is 2.25. The molecule has 1 aromatic carbocycles. The van der Waals surface area contributed by atoms with Crippen molar-refractivity contribution in [1.29, 1.82) is 0 Å². The molecule has 0 radical (unpaired) electrons. The minimum absolute atomic E-state index is 0.0278. The molecule has 0 saturated carbocycles. The lowest BCUT2D eigenvalue weighted by Crippen LogP contribution is -2.15. The monoisotopic (exact) mass is 308 g/mol. The molecule has 0 atom stereocenters. The van der Waals surface area contributed by atoms with Gasteiger partial charge in [0.2, 0.25) is 0 Å². The molecule has 1 aromatic heterocycles. The molecule has 2 aromatic rings. The first-order valence-electron chi connectivity index (χ1n) is 6.06. The van der Waals surface area contributed by atoms with E-state index in [2.05, 4.69) is 34.9 Å². The SMILES string of the molecule is Cc1ccccc1-n1[nH]c(CC(C)C)c(Br)c1=O. The average molecular weight is 309 g/mol. The zero-order valence-electron chi connectivity index (χ0n) is 10.8. The normalized spacial score (nSPS) is 11.2. The number of nitrogens with zero attached hydrogens (tertiary/aromatic N) is 1. The summed E-state index contributed by atoms with van der Waals surface area (Å²) >= 11 is 3.39. The number of halogens is 1. The Morgan fingerprint density at radius 1 is 1.33 bits per heavy atom. The zero-order chi connectivity index (χ0) is 13.3. The van der Waals surface area contributed by atoms with Gasteiger partial charge in [0.25, 0.3) is 5.56 Å². The van der Waals surface area contributed by atoms with E-state index in [1.165, 1.54) is 0 Å². The predicted octanol–water partition coefficient (Wildman–Crippen LogP) is 3.44. The van der Waals surface area contributed by atoms with Crippen LogP contribution in [-0.2, 0) is 6.42 Å². The van der Waals surface area contributed by atoms with Gasteiger partial charge in [-0.3, -0.25) is 9.89 Å². The summed E-state index contributed by atoms with van der Waals surface area (Å²) in [6.07, 6.45) is 0.856. The van der Waals surface area contributed by atoms with Crippen molar-refractivity contribution >= 4 is 15.9 Å². The van der Waals surface area contributed by atoms with Gasteiger partial charge in [-0.2, -0.15) is 0 Å². The Morgan fingerprint density at radius 3 is 2.61 bits per heavy atom. The molecule has 0 bridgehead atoms. The number of aromatic amines is 1. The summed E-state index contributed by atoms with van der Waals surface area (Å²) in [5.41, 5.74) is 2.90. The summed E-state index contributed by atoms with van der Waals surface area (Å²) in [5.74, 6) is 0.504. The van der Waals surface area contributed by atoms with Crippen molar-refractivity contribution in [2.75, 3.05) is 0 Å². The highest BCUT2D eigenvalue weighted by Gasteiger charge is 2.14. The molecule has 2 rings (SSSR count). The summed E-state index contributed by atoms with van der Waals surface area (Å²) in [6, 6.07) is 7.85. The van der Waals surface area contributed by atoms with Gasteiger partial charge in [-0.1, -0.05) is 32.0 Å². The minimum atomic E-state index is -0.0278. The van der Waals surface area contributed by atoms with Gasteiger partial charge in [0.05, 0.1) is 11.4 Å². The molecule has 0 spiro atoms. The summed E-state index contributed by atoms with van der Waals surface area (Å²) in [5, 5.41) is 3.20. The Labute approximate surface area is 115 Å². The molecular weight excluding hydrogens is 292 g/mol. The van der Waals surface area contributed by atoms with Crippen LogP contribution >= 0.6 is 15.9 Å². The standard InChI is InChI=1S/C14H17BrN2O/c1-9(2)8-11-13(15)14(18)17(16-11)12-7-5-4-6-10(12)3/h4-7,9,16H,8H2,1-3H3. The molecular formula is C14H17BrN2O. The average Bonchev–Trinajstić information content (AvgIpc) is 2.58. The lowest BCUT2D eigenvalue weighted by atomic mass is 10.1. The van der Waals surface area contributed by atoms with Gasteiger partial charge >= 0.3 is 0 Å². The van der Waals surface area contributed by atoms with Crippen molar-refractivity contribution < 1.29 is 0 Å². The quantitative estimate of drug-likeness (QED) is 0.926. The first-order valence-corrected chi connectivity index (χ1v) is 6.85. The Kier molecular flexibility index (Phi) is 3.76. The zero-order valence-corrected chi connectivity index (χ0v) is 12.4. The van der Waals surface area contributed by atoms with Crippen molar-refractivity contribution in [3.05, 3.63) is 50.3 Å². The van der Waals surface area contributed by atoms with Crippen molar-refractivity contribution in [3.63, 3.8) is 0 Å². The van der Waals surface area contributed by atoms with Crippen LogP contribution in [-0.4, -0.2) is 9.78 Å². The van der Waals surface area contributed by atoms with Crippen LogP contribution in [0.1, 0.15) is 25.1 Å². The number of nitrogens with one attached hydrogen (secondary N) is 1. The molecule has 0 aliphatic rings. The van der Waals surface area contributed by atoms with Crippen LogP contribution in [0.3, 0.4) is 0 Å². The van der Waals surface area contributed by atoms with Gasteiger partial charge in [-0.25, -0.2) is 4.68 Å². The van der Waals surface area contributed by atoms with E-state index < -0.39 is 0 Å². The molecule has 0 aliphatic carbocycles. The maximum absolute atomic E-state index is 12.2. The van der Waals surface area contributed by atoms with E-state index in [0.717, 1.165) is 23.4 Å². The number of hydrogen-bond donors (Lipinski definition) is 1. The second-order valence-corrected chi connectivity index (χ2v) is 5.72. The van der Waals surface area contributed by atoms with Crippen molar-refractivity contribution in [2.24, 2.45) is 5.92 Å². The van der Waals surface area contributed by atoms with Gasteiger partial charge in [0.1, 0.15) is 4.47 Å². The third-order valence-corrected chi connectivity index (χ3v) is 3.69. The Morgan fingerprint density at radius 2 is 2.00 bits per heavy atom. The molecule has 4 heteroatoms. The second-order valence-electron chi connectivity index (χ2n) is 4.93. The summed E-state index contributed by atoms with van der Waals surface area (Å²) in [7, 11) is 0. The Balaban J connectivity index is 2.54. The molecule has 96 valence electrons. The fourth-order valence-electron chi connectivity index (χ4n) is 1.99. The first-order chi connectivity index (χ1) is 8.50. The topological polar surface area (TPSA) is 37.8 Å². The maximum Gasteiger partial charge on any atom is 0.285 e. The first kappa shape index (κ1) is 13.1. The number of aromatic nitrogens is 2. The summed E-state index contributed by atoms with van der Waals surface area (Å²) in [6.45, 7) is 6.27. The third-order valence-electron chi connectivity index (χ3n) is 2.87. The molecule has 0 amide bonds. The highest BCUT2D eigenvalue weighted by Crippen LogP contribution is 2.17. The molecule has 3 nitrogen and oxygen atoms in total. The van der Waals surface area contributed by atoms with Crippen LogP contribution in [0.4, 0.5) is 0 Å². The van der Waals surface area contributed by atoms with Crippen molar-refractivity contribution in [3.8, 4) is 5.69 Å². The van der Waals surface area contributed by atoms with E-state index in [1.807, 2.05) is 31.2 Å². The van der Waals surface area contributed by atoms with Crippen LogP contribution in [0.5, 0.6) is 0 Å². The van der Waals surface area contributed by atoms with Gasteiger partial charge in [0.15, 0.2) is 0 Å². The highest BCUT2D eigenvalue weighted by molar-refractivity contribution is 9.10. The molecule has 0 fully saturated rings. The molecule has 0 unspecified atom stereocenters. The van der Waals surface area contributed by atoms with Crippen LogP contribution < -0.4 is 5.56 Å². The van der Waals surface area contributed by atoms with E-state index in [1.54, 1.807) is 4.68 Å². The Hall–Kier alpha value is -1.29. The second kappa shape index (κ2) is 5.14. The predicted molar refractivity (Wildman–Crippen MR) is 77.4 cm³/mol. The van der Waals surface area contributed by atoms with Gasteiger partial charge in [0, 0.05) is 0 Å². The minimum Gasteiger partial charge on any atom is -0.294 e. The van der Waals surface area contributed by atoms with Crippen LogP contribution in [0.25, 0.3) is 5.69 Å². The van der Waals surface area contributed by atoms with E-state index in [9.17, 15) is 4.79 Å². The van der Waals surface area contributed by atoms with E-state index in [-0.39, 0.29) is 5.56 Å². The third kappa shape index (κ3) is 2.43. The van der Waals surface area contributed by atoms with Crippen molar-refractivity contribution in [2.45, 2.75) is 27.2 Å². The molecule has 1 N–H and O–H groups in total. The number of para-hydroxylation sites is 1. The van der Waals surface area contributed by atoms with E-state index in [0.29, 0.717) is 10.4 Å². The fraction of sp³-hybridized carbons (Fsp3) is 0.357. The number of hydrogen-bond acceptors (Lipinski definition) is 1. The van der Waals surface area contributed by atoms with Crippen LogP contribution in [0.2, 0.25) is 0 Å². The van der Waals surface area contributed by atoms with E-state index >= 15 is 0 Å². The fourth-order valence-corrected chi connectivity index (χ4v) is 2.42. The van der Waals surface area contributed by atoms with Crippen LogP contribution in [0, 0.1) is 12.8 Å². The van der Waals surface area contributed by atoms with Gasteiger partial charge in [-0.15, -0.1) is 0 Å². The highest BCUT2D eigenvalue weighted by atomic mass is 79.9. The molecule has 1 heterocycles. The molecule has 0 saturated heterocycles. The number of H-pyrrole nitrogens is 1. The molecule has 18 heavy (non-hydrogen) atoms. The Bertz CT molecular complexity index is 610. The number of benzene rings is 1. The smallest absolute Gasteiger partial charge is 0.285 e. The lowest BCUT2D eigenvalue weighted by molar-refractivity contribution is 0.626. The number of aryl methyl sites for hydroxylation is 1. The summed E-state index contributed by atoms with van der Waals surface area (Å²) in [4.78, 5) is 12.2. The maximum atomic E-state index is 12.2.